The van der Waals surface area contributed by atoms with Crippen LogP contribution in [0.15, 0.2) is 60.9 Å². The summed E-state index contributed by atoms with van der Waals surface area (Å²) < 4.78 is 1.59. The Bertz CT molecular complexity index is 861. The smallest absolute Gasteiger partial charge is 0.254 e. The molecule has 0 atom stereocenters. The molecule has 3 rings (SSSR count). The van der Waals surface area contributed by atoms with Gasteiger partial charge in [0.15, 0.2) is 0 Å². The number of carbonyl (C=O) groups excluding carboxylic acids is 1. The van der Waals surface area contributed by atoms with E-state index in [1.807, 2.05) is 42.5 Å². The minimum Gasteiger partial charge on any atom is -0.352 e. The Kier molecular flexibility index (Phi) is 5.18. The average molecular weight is 360 g/mol. The topological polar surface area (TPSA) is 46.9 Å². The number of hydrogen-bond donors (Lipinski definition) is 1. The fraction of sp³-hybridized carbons (Fsp3) is 0.111. The number of nitrogens with one attached hydrogen (secondary N) is 1. The van der Waals surface area contributed by atoms with Crippen LogP contribution in [-0.2, 0) is 6.42 Å². The highest BCUT2D eigenvalue weighted by Gasteiger charge is 2.10. The molecule has 6 heteroatoms. The summed E-state index contributed by atoms with van der Waals surface area (Å²) in [4.78, 5) is 12.2. The summed E-state index contributed by atoms with van der Waals surface area (Å²) >= 11 is 12.1. The van der Waals surface area contributed by atoms with Gasteiger partial charge in [-0.05, 0) is 36.2 Å². The fourth-order valence-electron chi connectivity index (χ4n) is 2.32. The second kappa shape index (κ2) is 7.51. The van der Waals surface area contributed by atoms with Crippen LogP contribution in [0.1, 0.15) is 15.9 Å². The van der Waals surface area contributed by atoms with Crippen molar-refractivity contribution in [3.63, 3.8) is 0 Å². The number of carbonyl (C=O) groups is 1. The summed E-state index contributed by atoms with van der Waals surface area (Å²) in [6.07, 6.45) is 3.90. The second-order valence-corrected chi connectivity index (χ2v) is 6.10. The highest BCUT2D eigenvalue weighted by atomic mass is 35.5. The third kappa shape index (κ3) is 3.96. The molecular formula is C18H15Cl2N3O. The summed E-state index contributed by atoms with van der Waals surface area (Å²) in [5.41, 5.74) is 2.30. The molecule has 4 nitrogen and oxygen atoms in total. The molecule has 1 amide bonds. The first-order valence-corrected chi connectivity index (χ1v) is 8.21. The fourth-order valence-corrected chi connectivity index (χ4v) is 2.76. The van der Waals surface area contributed by atoms with Gasteiger partial charge in [0.1, 0.15) is 0 Å². The molecule has 0 unspecified atom stereocenters. The highest BCUT2D eigenvalue weighted by molar-refractivity contribution is 6.32. The molecule has 1 aromatic heterocycles. The Labute approximate surface area is 150 Å². The van der Waals surface area contributed by atoms with E-state index < -0.39 is 0 Å². The van der Waals surface area contributed by atoms with Gasteiger partial charge in [-0.2, -0.15) is 5.10 Å². The Hall–Kier alpha value is -2.30. The maximum atomic E-state index is 12.2. The molecule has 0 spiro atoms. The molecule has 122 valence electrons. The Balaban J connectivity index is 1.61. The third-order valence-corrected chi connectivity index (χ3v) is 4.09. The summed E-state index contributed by atoms with van der Waals surface area (Å²) in [6.45, 7) is 0.524. The van der Waals surface area contributed by atoms with Gasteiger partial charge in [0, 0.05) is 17.8 Å². The monoisotopic (exact) mass is 359 g/mol. The van der Waals surface area contributed by atoms with Crippen molar-refractivity contribution in [3.8, 4) is 5.69 Å². The van der Waals surface area contributed by atoms with Crippen molar-refractivity contribution in [1.82, 2.24) is 15.1 Å². The zero-order valence-corrected chi connectivity index (χ0v) is 14.3. The molecule has 1 N–H and O–H groups in total. The van der Waals surface area contributed by atoms with E-state index in [0.717, 1.165) is 11.3 Å². The number of halogens is 2. The molecule has 2 aromatic carbocycles. The van der Waals surface area contributed by atoms with E-state index in [-0.39, 0.29) is 5.91 Å². The van der Waals surface area contributed by atoms with Crippen molar-refractivity contribution >= 4 is 29.1 Å². The van der Waals surface area contributed by atoms with E-state index in [4.69, 9.17) is 23.2 Å². The van der Waals surface area contributed by atoms with E-state index in [9.17, 15) is 4.79 Å². The first-order chi connectivity index (χ1) is 11.6. The predicted octanol–water partition coefficient (Wildman–Crippen LogP) is 4.15. The van der Waals surface area contributed by atoms with Gasteiger partial charge >= 0.3 is 0 Å². The van der Waals surface area contributed by atoms with Crippen molar-refractivity contribution in [2.45, 2.75) is 6.42 Å². The third-order valence-electron chi connectivity index (χ3n) is 3.53. The van der Waals surface area contributed by atoms with E-state index in [1.165, 1.54) is 6.20 Å². The van der Waals surface area contributed by atoms with Crippen molar-refractivity contribution in [2.24, 2.45) is 0 Å². The van der Waals surface area contributed by atoms with Crippen LogP contribution in [0, 0.1) is 0 Å². The standard InChI is InChI=1S/C18H15Cl2N3O/c19-15-5-3-4-13(10-15)8-9-21-18(24)14-11-22-23(12-14)17-7-2-1-6-16(17)20/h1-7,10-12H,8-9H2,(H,21,24). The van der Waals surface area contributed by atoms with Crippen LogP contribution in [0.2, 0.25) is 10.0 Å². The second-order valence-electron chi connectivity index (χ2n) is 5.26. The van der Waals surface area contributed by atoms with E-state index in [1.54, 1.807) is 16.9 Å². The summed E-state index contributed by atoms with van der Waals surface area (Å²) in [6, 6.07) is 14.9. The molecule has 3 aromatic rings. The quantitative estimate of drug-likeness (QED) is 0.743. The Morgan fingerprint density at radius 1 is 1.12 bits per heavy atom. The molecule has 0 saturated carbocycles. The van der Waals surface area contributed by atoms with Crippen LogP contribution in [0.5, 0.6) is 0 Å². The minimum atomic E-state index is -0.171. The number of para-hydroxylation sites is 1. The van der Waals surface area contributed by atoms with Gasteiger partial charge in [0.05, 0.1) is 22.5 Å². The first-order valence-electron chi connectivity index (χ1n) is 7.46. The lowest BCUT2D eigenvalue weighted by Gasteiger charge is -2.05. The summed E-state index contributed by atoms with van der Waals surface area (Å²) in [5.74, 6) is -0.171. The maximum Gasteiger partial charge on any atom is 0.254 e. The van der Waals surface area contributed by atoms with Gasteiger partial charge in [0.25, 0.3) is 5.91 Å². The lowest BCUT2D eigenvalue weighted by Crippen LogP contribution is -2.25. The van der Waals surface area contributed by atoms with Gasteiger partial charge in [0.2, 0.25) is 0 Å². The highest BCUT2D eigenvalue weighted by Crippen LogP contribution is 2.19. The molecule has 0 fully saturated rings. The minimum absolute atomic E-state index is 0.171. The molecule has 24 heavy (non-hydrogen) atoms. The molecular weight excluding hydrogens is 345 g/mol. The largest absolute Gasteiger partial charge is 0.352 e. The first kappa shape index (κ1) is 16.6. The molecule has 0 aliphatic rings. The molecule has 0 saturated heterocycles. The van der Waals surface area contributed by atoms with Crippen LogP contribution in [0.4, 0.5) is 0 Å². The SMILES string of the molecule is O=C(NCCc1cccc(Cl)c1)c1cnn(-c2ccccc2Cl)c1. The molecule has 0 aliphatic carbocycles. The Morgan fingerprint density at radius 3 is 2.75 bits per heavy atom. The van der Waals surface area contributed by atoms with Crippen LogP contribution >= 0.6 is 23.2 Å². The maximum absolute atomic E-state index is 12.2. The number of benzene rings is 2. The van der Waals surface area contributed by atoms with Crippen molar-refractivity contribution in [3.05, 3.63) is 82.1 Å². The number of hydrogen-bond acceptors (Lipinski definition) is 2. The van der Waals surface area contributed by atoms with Crippen LogP contribution in [-0.4, -0.2) is 22.2 Å². The van der Waals surface area contributed by atoms with Crippen LogP contribution in [0.25, 0.3) is 5.69 Å². The van der Waals surface area contributed by atoms with E-state index in [0.29, 0.717) is 28.6 Å². The van der Waals surface area contributed by atoms with Gasteiger partial charge in [-0.1, -0.05) is 47.5 Å². The molecule has 0 aliphatic heterocycles. The zero-order chi connectivity index (χ0) is 16.9. The van der Waals surface area contributed by atoms with E-state index in [2.05, 4.69) is 10.4 Å². The van der Waals surface area contributed by atoms with Crippen molar-refractivity contribution < 1.29 is 4.79 Å². The van der Waals surface area contributed by atoms with Crippen molar-refractivity contribution in [1.29, 1.82) is 0 Å². The van der Waals surface area contributed by atoms with Crippen molar-refractivity contribution in [2.75, 3.05) is 6.54 Å². The number of aromatic nitrogens is 2. The summed E-state index contributed by atoms with van der Waals surface area (Å²) in [7, 11) is 0. The van der Waals surface area contributed by atoms with Gasteiger partial charge in [-0.3, -0.25) is 4.79 Å². The lowest BCUT2D eigenvalue weighted by molar-refractivity contribution is 0.0954. The molecule has 0 radical (unpaired) electrons. The van der Waals surface area contributed by atoms with Gasteiger partial charge in [-0.15, -0.1) is 0 Å². The van der Waals surface area contributed by atoms with E-state index >= 15 is 0 Å². The molecule has 0 bridgehead atoms. The zero-order valence-electron chi connectivity index (χ0n) is 12.7. The normalized spacial score (nSPS) is 10.6. The Morgan fingerprint density at radius 2 is 1.96 bits per heavy atom. The predicted molar refractivity (Wildman–Crippen MR) is 96.1 cm³/mol. The average Bonchev–Trinajstić information content (AvgIpc) is 3.05. The van der Waals surface area contributed by atoms with Crippen LogP contribution < -0.4 is 5.32 Å². The molecule has 1 heterocycles. The lowest BCUT2D eigenvalue weighted by atomic mass is 10.1. The number of nitrogens with zero attached hydrogens (tertiary/aromatic N) is 2. The summed E-state index contributed by atoms with van der Waals surface area (Å²) in [5, 5.41) is 8.35. The number of rotatable bonds is 5. The van der Waals surface area contributed by atoms with Gasteiger partial charge < -0.3 is 5.32 Å². The number of amides is 1. The van der Waals surface area contributed by atoms with Crippen LogP contribution in [0.3, 0.4) is 0 Å². The van der Waals surface area contributed by atoms with Gasteiger partial charge in [-0.25, -0.2) is 4.68 Å².